The molecular formula is C15H20ClN5O3. The van der Waals surface area contributed by atoms with Gasteiger partial charge in [-0.05, 0) is 38.1 Å². The van der Waals surface area contributed by atoms with Crippen LogP contribution in [0.15, 0.2) is 24.3 Å². The highest BCUT2D eigenvalue weighted by Crippen LogP contribution is 2.10. The van der Waals surface area contributed by atoms with E-state index < -0.39 is 35.8 Å². The molecule has 0 aromatic heterocycles. The van der Waals surface area contributed by atoms with Gasteiger partial charge in [0.25, 0.3) is 5.91 Å². The SMILES string of the molecule is CC(NC(=O)c1ccc(Cl)cc1)C(=O)NC1C(C)NNC1C(N)=O. The van der Waals surface area contributed by atoms with Crippen LogP contribution in [0, 0.1) is 0 Å². The fraction of sp³-hybridized carbons (Fsp3) is 0.400. The molecule has 8 nitrogen and oxygen atoms in total. The third-order valence-corrected chi connectivity index (χ3v) is 4.08. The van der Waals surface area contributed by atoms with Crippen molar-refractivity contribution >= 4 is 29.3 Å². The number of nitrogens with one attached hydrogen (secondary N) is 4. The Labute approximate surface area is 144 Å². The summed E-state index contributed by atoms with van der Waals surface area (Å²) in [5.74, 6) is -1.38. The van der Waals surface area contributed by atoms with E-state index in [2.05, 4.69) is 21.5 Å². The van der Waals surface area contributed by atoms with Crippen LogP contribution in [-0.2, 0) is 9.59 Å². The van der Waals surface area contributed by atoms with Gasteiger partial charge in [0.05, 0.1) is 6.04 Å². The Morgan fingerprint density at radius 2 is 1.83 bits per heavy atom. The lowest BCUT2D eigenvalue weighted by Crippen LogP contribution is -2.56. The fourth-order valence-corrected chi connectivity index (χ4v) is 2.51. The summed E-state index contributed by atoms with van der Waals surface area (Å²) in [7, 11) is 0. The van der Waals surface area contributed by atoms with Crippen LogP contribution in [0.25, 0.3) is 0 Å². The van der Waals surface area contributed by atoms with Crippen molar-refractivity contribution in [1.82, 2.24) is 21.5 Å². The summed E-state index contributed by atoms with van der Waals surface area (Å²) in [4.78, 5) is 35.8. The average molecular weight is 354 g/mol. The summed E-state index contributed by atoms with van der Waals surface area (Å²) in [6.07, 6.45) is 0. The molecule has 0 aliphatic carbocycles. The lowest BCUT2D eigenvalue weighted by molar-refractivity contribution is -0.124. The second-order valence-electron chi connectivity index (χ2n) is 5.69. The van der Waals surface area contributed by atoms with Gasteiger partial charge < -0.3 is 16.4 Å². The molecule has 1 aromatic rings. The standard InChI is InChI=1S/C15H20ClN5O3/c1-7-11(12(13(17)22)21-20-7)19-14(23)8(2)18-15(24)9-3-5-10(16)6-4-9/h3-8,11-12,20-21H,1-2H3,(H2,17,22)(H,18,24)(H,19,23). The van der Waals surface area contributed by atoms with Crippen molar-refractivity contribution < 1.29 is 14.4 Å². The molecule has 3 amide bonds. The third-order valence-electron chi connectivity index (χ3n) is 3.83. The molecule has 4 unspecified atom stereocenters. The fourth-order valence-electron chi connectivity index (χ4n) is 2.38. The monoisotopic (exact) mass is 353 g/mol. The normalized spacial score (nSPS) is 24.2. The molecule has 1 aliphatic heterocycles. The molecule has 9 heteroatoms. The molecule has 1 saturated heterocycles. The van der Waals surface area contributed by atoms with Crippen molar-refractivity contribution in [3.05, 3.63) is 34.9 Å². The minimum atomic E-state index is -0.783. The smallest absolute Gasteiger partial charge is 0.251 e. The zero-order valence-corrected chi connectivity index (χ0v) is 14.1. The molecule has 2 rings (SSSR count). The van der Waals surface area contributed by atoms with Gasteiger partial charge in [0.1, 0.15) is 12.1 Å². The molecule has 1 aromatic carbocycles. The molecular weight excluding hydrogens is 334 g/mol. The summed E-state index contributed by atoms with van der Waals surface area (Å²) >= 11 is 5.78. The number of benzene rings is 1. The Hall–Kier alpha value is -2.16. The Morgan fingerprint density at radius 1 is 1.21 bits per heavy atom. The molecule has 1 aliphatic rings. The number of nitrogens with two attached hydrogens (primary N) is 1. The molecule has 0 saturated carbocycles. The van der Waals surface area contributed by atoms with Gasteiger partial charge in [0.15, 0.2) is 0 Å². The third kappa shape index (κ3) is 4.22. The van der Waals surface area contributed by atoms with Crippen molar-refractivity contribution in [1.29, 1.82) is 0 Å². The molecule has 130 valence electrons. The molecule has 0 radical (unpaired) electrons. The molecule has 6 N–H and O–H groups in total. The van der Waals surface area contributed by atoms with E-state index in [9.17, 15) is 14.4 Å². The van der Waals surface area contributed by atoms with Gasteiger partial charge in [-0.2, -0.15) is 0 Å². The van der Waals surface area contributed by atoms with Crippen molar-refractivity contribution in [2.75, 3.05) is 0 Å². The lowest BCUT2D eigenvalue weighted by atomic mass is 10.0. The van der Waals surface area contributed by atoms with Crippen molar-refractivity contribution in [2.24, 2.45) is 5.73 Å². The molecule has 0 bridgehead atoms. The van der Waals surface area contributed by atoms with Crippen LogP contribution in [-0.4, -0.2) is 41.9 Å². The van der Waals surface area contributed by atoms with Gasteiger partial charge in [0.2, 0.25) is 11.8 Å². The number of rotatable bonds is 5. The van der Waals surface area contributed by atoms with Crippen LogP contribution >= 0.6 is 11.6 Å². The molecule has 24 heavy (non-hydrogen) atoms. The topological polar surface area (TPSA) is 125 Å². The first kappa shape index (κ1) is 18.2. The predicted molar refractivity (Wildman–Crippen MR) is 89.0 cm³/mol. The summed E-state index contributed by atoms with van der Waals surface area (Å²) in [6.45, 7) is 3.36. The maximum Gasteiger partial charge on any atom is 0.251 e. The second kappa shape index (κ2) is 7.61. The highest BCUT2D eigenvalue weighted by atomic mass is 35.5. The number of hydrogen-bond donors (Lipinski definition) is 5. The molecule has 4 atom stereocenters. The number of carbonyl (C=O) groups is 3. The minimum absolute atomic E-state index is 0.189. The van der Waals surface area contributed by atoms with E-state index in [1.54, 1.807) is 38.1 Å². The number of primary amides is 1. The van der Waals surface area contributed by atoms with Crippen LogP contribution in [0.3, 0.4) is 0 Å². The van der Waals surface area contributed by atoms with Crippen LogP contribution < -0.4 is 27.2 Å². The number of carbonyl (C=O) groups excluding carboxylic acids is 3. The highest BCUT2D eigenvalue weighted by Gasteiger charge is 2.38. The average Bonchev–Trinajstić information content (AvgIpc) is 2.89. The maximum absolute atomic E-state index is 12.3. The molecule has 1 fully saturated rings. The minimum Gasteiger partial charge on any atom is -0.368 e. The zero-order chi connectivity index (χ0) is 17.9. The molecule has 1 heterocycles. The number of hydrazine groups is 1. The summed E-state index contributed by atoms with van der Waals surface area (Å²) in [6, 6.07) is 4.12. The van der Waals surface area contributed by atoms with Gasteiger partial charge in [0, 0.05) is 16.6 Å². The first-order valence-corrected chi connectivity index (χ1v) is 7.84. The van der Waals surface area contributed by atoms with Gasteiger partial charge in [-0.3, -0.25) is 19.8 Å². The van der Waals surface area contributed by atoms with Crippen molar-refractivity contribution in [3.63, 3.8) is 0 Å². The Bertz CT molecular complexity index is 637. The quantitative estimate of drug-likeness (QED) is 0.478. The Balaban J connectivity index is 1.95. The predicted octanol–water partition coefficient (Wildman–Crippen LogP) is -0.707. The van der Waals surface area contributed by atoms with Crippen molar-refractivity contribution in [2.45, 2.75) is 38.0 Å². The van der Waals surface area contributed by atoms with E-state index >= 15 is 0 Å². The lowest BCUT2D eigenvalue weighted by Gasteiger charge is -2.23. The summed E-state index contributed by atoms with van der Waals surface area (Å²) < 4.78 is 0. The maximum atomic E-state index is 12.3. The number of hydrogen-bond acceptors (Lipinski definition) is 5. The van der Waals surface area contributed by atoms with E-state index in [1.165, 1.54) is 0 Å². The first-order valence-electron chi connectivity index (χ1n) is 7.46. The highest BCUT2D eigenvalue weighted by molar-refractivity contribution is 6.30. The van der Waals surface area contributed by atoms with Crippen LogP contribution in [0.2, 0.25) is 5.02 Å². The van der Waals surface area contributed by atoms with Gasteiger partial charge in [-0.15, -0.1) is 0 Å². The Morgan fingerprint density at radius 3 is 2.42 bits per heavy atom. The Kier molecular flexibility index (Phi) is 5.76. The van der Waals surface area contributed by atoms with Crippen LogP contribution in [0.1, 0.15) is 24.2 Å². The van der Waals surface area contributed by atoms with Crippen LogP contribution in [0.5, 0.6) is 0 Å². The van der Waals surface area contributed by atoms with E-state index in [1.807, 2.05) is 0 Å². The second-order valence-corrected chi connectivity index (χ2v) is 6.13. The molecule has 0 spiro atoms. The van der Waals surface area contributed by atoms with Crippen LogP contribution in [0.4, 0.5) is 0 Å². The van der Waals surface area contributed by atoms with E-state index in [-0.39, 0.29) is 6.04 Å². The van der Waals surface area contributed by atoms with E-state index in [0.717, 1.165) is 0 Å². The van der Waals surface area contributed by atoms with Gasteiger partial charge in [-0.1, -0.05) is 11.6 Å². The number of halogens is 1. The van der Waals surface area contributed by atoms with E-state index in [4.69, 9.17) is 17.3 Å². The summed E-state index contributed by atoms with van der Waals surface area (Å²) in [5.41, 5.74) is 11.3. The first-order chi connectivity index (χ1) is 11.3. The van der Waals surface area contributed by atoms with Crippen molar-refractivity contribution in [3.8, 4) is 0 Å². The zero-order valence-electron chi connectivity index (χ0n) is 13.3. The largest absolute Gasteiger partial charge is 0.368 e. The summed E-state index contributed by atoms with van der Waals surface area (Å²) in [5, 5.41) is 5.84. The number of amides is 3. The van der Waals surface area contributed by atoms with Gasteiger partial charge in [-0.25, -0.2) is 5.43 Å². The van der Waals surface area contributed by atoms with E-state index in [0.29, 0.717) is 10.6 Å². The van der Waals surface area contributed by atoms with Gasteiger partial charge >= 0.3 is 0 Å².